The van der Waals surface area contributed by atoms with Crippen molar-refractivity contribution in [3.8, 4) is 5.75 Å². The molecule has 2 aromatic rings. The molecule has 0 spiro atoms. The zero-order valence-corrected chi connectivity index (χ0v) is 15.2. The second-order valence-corrected chi connectivity index (χ2v) is 6.47. The Morgan fingerprint density at radius 1 is 1.21 bits per heavy atom. The van der Waals surface area contributed by atoms with E-state index in [1.165, 1.54) is 11.1 Å². The summed E-state index contributed by atoms with van der Waals surface area (Å²) in [5, 5.41) is 3.47. The van der Waals surface area contributed by atoms with Crippen LogP contribution in [0.3, 0.4) is 0 Å². The van der Waals surface area contributed by atoms with Crippen LogP contribution in [0.15, 0.2) is 42.5 Å². The molecule has 1 amide bonds. The lowest BCUT2D eigenvalue weighted by molar-refractivity contribution is 0.0940. The number of halogens is 1. The van der Waals surface area contributed by atoms with Gasteiger partial charge in [0.1, 0.15) is 5.75 Å². The van der Waals surface area contributed by atoms with Gasteiger partial charge in [-0.3, -0.25) is 4.79 Å². The summed E-state index contributed by atoms with van der Waals surface area (Å²) in [6.07, 6.45) is 1.70. The molecule has 0 unspecified atom stereocenters. The van der Waals surface area contributed by atoms with Gasteiger partial charge in [-0.15, -0.1) is 0 Å². The molecule has 4 heteroatoms. The zero-order chi connectivity index (χ0) is 17.5. The second-order valence-electron chi connectivity index (χ2n) is 6.06. The summed E-state index contributed by atoms with van der Waals surface area (Å²) in [5.74, 6) is 0.487. The van der Waals surface area contributed by atoms with Gasteiger partial charge in [-0.2, -0.15) is 0 Å². The highest BCUT2D eigenvalue weighted by molar-refractivity contribution is 6.32. The fourth-order valence-corrected chi connectivity index (χ4v) is 2.64. The SMILES string of the molecule is CCCOc1ccc(C(=O)N[C@H](C)Cc2ccc(C)cc2)cc1Cl. The summed E-state index contributed by atoms with van der Waals surface area (Å²) >= 11 is 6.19. The molecule has 0 radical (unpaired) electrons. The first kappa shape index (κ1) is 18.3. The number of hydrogen-bond donors (Lipinski definition) is 1. The van der Waals surface area contributed by atoms with Gasteiger partial charge in [-0.05, 0) is 50.5 Å². The highest BCUT2D eigenvalue weighted by atomic mass is 35.5. The molecule has 0 aliphatic rings. The van der Waals surface area contributed by atoms with Crippen LogP contribution in [-0.4, -0.2) is 18.6 Å². The molecule has 1 atom stereocenters. The molecule has 3 nitrogen and oxygen atoms in total. The molecule has 0 aliphatic carbocycles. The van der Waals surface area contributed by atoms with Crippen molar-refractivity contribution in [3.63, 3.8) is 0 Å². The maximum atomic E-state index is 12.4. The highest BCUT2D eigenvalue weighted by Crippen LogP contribution is 2.25. The van der Waals surface area contributed by atoms with Crippen molar-refractivity contribution in [3.05, 3.63) is 64.2 Å². The first-order chi connectivity index (χ1) is 11.5. The molecule has 0 saturated heterocycles. The summed E-state index contributed by atoms with van der Waals surface area (Å²) in [6, 6.07) is 13.5. The molecule has 1 N–H and O–H groups in total. The Hall–Kier alpha value is -2.00. The normalized spacial score (nSPS) is 11.8. The van der Waals surface area contributed by atoms with Gasteiger partial charge in [-0.1, -0.05) is 48.4 Å². The third kappa shape index (κ3) is 5.27. The molecule has 0 fully saturated rings. The quantitative estimate of drug-likeness (QED) is 0.782. The molecular formula is C20H24ClNO2. The van der Waals surface area contributed by atoms with Crippen molar-refractivity contribution in [2.75, 3.05) is 6.61 Å². The fourth-order valence-electron chi connectivity index (χ4n) is 2.41. The Morgan fingerprint density at radius 2 is 1.92 bits per heavy atom. The van der Waals surface area contributed by atoms with Gasteiger partial charge in [0, 0.05) is 11.6 Å². The lowest BCUT2D eigenvalue weighted by atomic mass is 10.1. The van der Waals surface area contributed by atoms with Crippen molar-refractivity contribution < 1.29 is 9.53 Å². The van der Waals surface area contributed by atoms with Crippen LogP contribution in [0.25, 0.3) is 0 Å². The predicted molar refractivity (Wildman–Crippen MR) is 99.0 cm³/mol. The third-order valence-electron chi connectivity index (χ3n) is 3.70. The van der Waals surface area contributed by atoms with Crippen molar-refractivity contribution >= 4 is 17.5 Å². The van der Waals surface area contributed by atoms with Crippen LogP contribution in [0.5, 0.6) is 5.75 Å². The largest absolute Gasteiger partial charge is 0.492 e. The Kier molecular flexibility index (Phi) is 6.68. The van der Waals surface area contributed by atoms with Crippen molar-refractivity contribution in [1.29, 1.82) is 0 Å². The molecular weight excluding hydrogens is 322 g/mol. The smallest absolute Gasteiger partial charge is 0.251 e. The molecule has 2 aromatic carbocycles. The Morgan fingerprint density at radius 3 is 2.54 bits per heavy atom. The van der Waals surface area contributed by atoms with E-state index in [9.17, 15) is 4.79 Å². The topological polar surface area (TPSA) is 38.3 Å². The minimum atomic E-state index is -0.126. The van der Waals surface area contributed by atoms with E-state index in [2.05, 4.69) is 36.5 Å². The van der Waals surface area contributed by atoms with Crippen LogP contribution in [0.2, 0.25) is 5.02 Å². The van der Waals surface area contributed by atoms with Crippen LogP contribution in [-0.2, 0) is 6.42 Å². The molecule has 0 aromatic heterocycles. The molecule has 2 rings (SSSR count). The summed E-state index contributed by atoms with van der Waals surface area (Å²) < 4.78 is 5.53. The van der Waals surface area contributed by atoms with Crippen molar-refractivity contribution in [2.24, 2.45) is 0 Å². The van der Waals surface area contributed by atoms with Crippen LogP contribution in [0, 0.1) is 6.92 Å². The number of nitrogens with one attached hydrogen (secondary N) is 1. The van der Waals surface area contributed by atoms with E-state index in [4.69, 9.17) is 16.3 Å². The Balaban J connectivity index is 1.95. The van der Waals surface area contributed by atoms with Gasteiger partial charge < -0.3 is 10.1 Å². The van der Waals surface area contributed by atoms with E-state index in [0.717, 1.165) is 12.8 Å². The van der Waals surface area contributed by atoms with E-state index in [0.29, 0.717) is 22.9 Å². The Labute approximate surface area is 149 Å². The maximum absolute atomic E-state index is 12.4. The number of carbonyl (C=O) groups excluding carboxylic acids is 1. The van der Waals surface area contributed by atoms with E-state index < -0.39 is 0 Å². The first-order valence-electron chi connectivity index (χ1n) is 8.28. The van der Waals surface area contributed by atoms with Crippen LogP contribution >= 0.6 is 11.6 Å². The molecule has 0 bridgehead atoms. The molecule has 0 heterocycles. The first-order valence-corrected chi connectivity index (χ1v) is 8.66. The number of rotatable bonds is 7. The number of hydrogen-bond acceptors (Lipinski definition) is 2. The van der Waals surface area contributed by atoms with Gasteiger partial charge in [0.2, 0.25) is 0 Å². The van der Waals surface area contributed by atoms with Crippen molar-refractivity contribution in [1.82, 2.24) is 5.32 Å². The summed E-state index contributed by atoms with van der Waals surface area (Å²) in [7, 11) is 0. The minimum Gasteiger partial charge on any atom is -0.492 e. The monoisotopic (exact) mass is 345 g/mol. The number of aryl methyl sites for hydroxylation is 1. The van der Waals surface area contributed by atoms with Crippen molar-refractivity contribution in [2.45, 2.75) is 39.7 Å². The van der Waals surface area contributed by atoms with E-state index >= 15 is 0 Å². The average molecular weight is 346 g/mol. The van der Waals surface area contributed by atoms with Gasteiger partial charge in [0.05, 0.1) is 11.6 Å². The van der Waals surface area contributed by atoms with Gasteiger partial charge in [0.15, 0.2) is 0 Å². The summed E-state index contributed by atoms with van der Waals surface area (Å²) in [4.78, 5) is 12.4. The molecule has 0 aliphatic heterocycles. The van der Waals surface area contributed by atoms with E-state index in [-0.39, 0.29) is 11.9 Å². The fraction of sp³-hybridized carbons (Fsp3) is 0.350. The predicted octanol–water partition coefficient (Wildman–Crippen LogP) is 4.80. The Bertz CT molecular complexity index is 683. The maximum Gasteiger partial charge on any atom is 0.251 e. The lowest BCUT2D eigenvalue weighted by Crippen LogP contribution is -2.34. The van der Waals surface area contributed by atoms with E-state index in [1.807, 2.05) is 13.8 Å². The zero-order valence-electron chi connectivity index (χ0n) is 14.4. The lowest BCUT2D eigenvalue weighted by Gasteiger charge is -2.15. The van der Waals surface area contributed by atoms with E-state index in [1.54, 1.807) is 18.2 Å². The van der Waals surface area contributed by atoms with Gasteiger partial charge in [-0.25, -0.2) is 0 Å². The molecule has 24 heavy (non-hydrogen) atoms. The summed E-state index contributed by atoms with van der Waals surface area (Å²) in [6.45, 7) is 6.70. The summed E-state index contributed by atoms with van der Waals surface area (Å²) in [5.41, 5.74) is 2.98. The van der Waals surface area contributed by atoms with Crippen LogP contribution in [0.1, 0.15) is 41.8 Å². The van der Waals surface area contributed by atoms with Gasteiger partial charge in [0.25, 0.3) is 5.91 Å². The number of ether oxygens (including phenoxy) is 1. The molecule has 0 saturated carbocycles. The average Bonchev–Trinajstić information content (AvgIpc) is 2.55. The second kappa shape index (κ2) is 8.74. The third-order valence-corrected chi connectivity index (χ3v) is 3.99. The molecule has 128 valence electrons. The standard InChI is InChI=1S/C20H24ClNO2/c1-4-11-24-19-10-9-17(13-18(19)21)20(23)22-15(3)12-16-7-5-14(2)6-8-16/h5-10,13,15H,4,11-12H2,1-3H3,(H,22,23)/t15-/m1/s1. The number of carbonyl (C=O) groups is 1. The van der Waals surface area contributed by atoms with Gasteiger partial charge >= 0.3 is 0 Å². The number of benzene rings is 2. The van der Waals surface area contributed by atoms with Crippen LogP contribution in [0.4, 0.5) is 0 Å². The highest BCUT2D eigenvalue weighted by Gasteiger charge is 2.12. The number of amides is 1. The van der Waals surface area contributed by atoms with Crippen LogP contribution < -0.4 is 10.1 Å². The minimum absolute atomic E-state index is 0.0370.